The molecule has 8 heteroatoms. The molecule has 0 radical (unpaired) electrons. The van der Waals surface area contributed by atoms with Crippen LogP contribution < -0.4 is 5.73 Å². The van der Waals surface area contributed by atoms with Gasteiger partial charge in [0.15, 0.2) is 5.84 Å². The normalized spacial score (nSPS) is 12.0. The van der Waals surface area contributed by atoms with Crippen LogP contribution in [-0.2, 0) is 6.54 Å². The second-order valence-corrected chi connectivity index (χ2v) is 6.65. The van der Waals surface area contributed by atoms with E-state index in [0.29, 0.717) is 17.3 Å². The van der Waals surface area contributed by atoms with E-state index in [9.17, 15) is 0 Å². The molecule has 0 saturated heterocycles. The summed E-state index contributed by atoms with van der Waals surface area (Å²) in [6, 6.07) is 17.5. The maximum absolute atomic E-state index is 8.85. The first-order valence-electron chi connectivity index (χ1n) is 8.31. The van der Waals surface area contributed by atoms with Gasteiger partial charge in [0.05, 0.1) is 23.4 Å². The van der Waals surface area contributed by atoms with Gasteiger partial charge >= 0.3 is 0 Å². The molecule has 0 aliphatic rings. The molecule has 0 aliphatic heterocycles. The molecule has 3 heterocycles. The van der Waals surface area contributed by atoms with Crippen LogP contribution >= 0.6 is 11.6 Å². The van der Waals surface area contributed by atoms with Gasteiger partial charge in [0.25, 0.3) is 0 Å². The molecule has 0 spiro atoms. The monoisotopic (exact) mass is 380 g/mol. The van der Waals surface area contributed by atoms with Gasteiger partial charge in [0.2, 0.25) is 0 Å². The van der Waals surface area contributed by atoms with Gasteiger partial charge in [-0.2, -0.15) is 10.2 Å². The van der Waals surface area contributed by atoms with E-state index in [1.165, 1.54) is 0 Å². The van der Waals surface area contributed by atoms with E-state index in [-0.39, 0.29) is 5.84 Å². The molecule has 4 rings (SSSR count). The van der Waals surface area contributed by atoms with Gasteiger partial charge in [0, 0.05) is 16.3 Å². The molecule has 0 fully saturated rings. The second kappa shape index (κ2) is 6.77. The zero-order valence-electron chi connectivity index (χ0n) is 14.5. The molecule has 27 heavy (non-hydrogen) atoms. The van der Waals surface area contributed by atoms with Gasteiger partial charge in [-0.25, -0.2) is 4.52 Å². The number of nitrogens with two attached hydrogens (primary N) is 1. The smallest absolute Gasteiger partial charge is 0.190 e. The fourth-order valence-electron chi connectivity index (χ4n) is 2.99. The van der Waals surface area contributed by atoms with E-state index >= 15 is 0 Å². The van der Waals surface area contributed by atoms with Crippen molar-refractivity contribution in [1.29, 1.82) is 0 Å². The number of nitrogens with zero attached hydrogens (tertiary/aromatic N) is 5. The number of oxime groups is 1. The molecule has 4 aromatic rings. The van der Waals surface area contributed by atoms with Crippen LogP contribution in [0.15, 0.2) is 59.8 Å². The molecule has 0 aliphatic carbocycles. The summed E-state index contributed by atoms with van der Waals surface area (Å²) >= 11 is 6.32. The summed E-state index contributed by atoms with van der Waals surface area (Å²) in [5.41, 5.74) is 10.6. The van der Waals surface area contributed by atoms with Crippen LogP contribution in [0.3, 0.4) is 0 Å². The van der Waals surface area contributed by atoms with Gasteiger partial charge in [-0.05, 0) is 31.2 Å². The second-order valence-electron chi connectivity index (χ2n) is 6.21. The van der Waals surface area contributed by atoms with Crippen molar-refractivity contribution >= 4 is 23.0 Å². The number of halogens is 1. The number of aromatic nitrogens is 4. The Bertz CT molecular complexity index is 1150. The molecule has 0 saturated carbocycles. The van der Waals surface area contributed by atoms with E-state index in [1.54, 1.807) is 10.7 Å². The molecule has 0 bridgehead atoms. The third kappa shape index (κ3) is 3.24. The Kier molecular flexibility index (Phi) is 4.29. The number of rotatable bonds is 4. The topological polar surface area (TPSA) is 93.7 Å². The van der Waals surface area contributed by atoms with Crippen LogP contribution in [-0.4, -0.2) is 30.4 Å². The number of hydrogen-bond donors (Lipinski definition) is 2. The van der Waals surface area contributed by atoms with Crippen LogP contribution in [0.25, 0.3) is 16.8 Å². The van der Waals surface area contributed by atoms with Gasteiger partial charge < -0.3 is 10.9 Å². The quantitative estimate of drug-likeness (QED) is 0.246. The minimum Gasteiger partial charge on any atom is -0.409 e. The number of benzene rings is 1. The number of fused-ring (bicyclic) bond motifs is 1. The van der Waals surface area contributed by atoms with Gasteiger partial charge in [0.1, 0.15) is 5.69 Å². The molecule has 1 aromatic carbocycles. The average Bonchev–Trinajstić information content (AvgIpc) is 3.26. The Morgan fingerprint density at radius 3 is 2.67 bits per heavy atom. The molecule has 0 amide bonds. The standard InChI is InChI=1S/C19H17ClN6O/c1-12-7-18(19(21)24-27)22-25(12)11-16-9-14(20)8-15-10-17(23-26(15)16)13-5-3-2-4-6-13/h2-10,27H,11H2,1H3,(H2,21,24). The van der Waals surface area contributed by atoms with Crippen molar-refractivity contribution in [2.45, 2.75) is 13.5 Å². The molecule has 3 aromatic heterocycles. The van der Waals surface area contributed by atoms with Crippen molar-refractivity contribution in [1.82, 2.24) is 19.4 Å². The number of aryl methyl sites for hydroxylation is 1. The van der Waals surface area contributed by atoms with Crippen molar-refractivity contribution in [3.63, 3.8) is 0 Å². The Hall–Kier alpha value is -3.32. The van der Waals surface area contributed by atoms with Crippen molar-refractivity contribution in [3.05, 3.63) is 76.7 Å². The summed E-state index contributed by atoms with van der Waals surface area (Å²) in [5.74, 6) is -0.0291. The summed E-state index contributed by atoms with van der Waals surface area (Å²) < 4.78 is 3.63. The zero-order chi connectivity index (χ0) is 19.0. The predicted molar refractivity (Wildman–Crippen MR) is 104 cm³/mol. The number of pyridine rings is 1. The van der Waals surface area contributed by atoms with E-state index in [1.807, 2.05) is 60.0 Å². The lowest BCUT2D eigenvalue weighted by Gasteiger charge is -2.08. The Labute approximate surface area is 160 Å². The first-order chi connectivity index (χ1) is 13.0. The minimum atomic E-state index is -0.0291. The summed E-state index contributed by atoms with van der Waals surface area (Å²) in [6.45, 7) is 2.35. The van der Waals surface area contributed by atoms with Gasteiger partial charge in [-0.3, -0.25) is 4.68 Å². The van der Waals surface area contributed by atoms with Gasteiger partial charge in [-0.15, -0.1) is 0 Å². The Morgan fingerprint density at radius 1 is 1.15 bits per heavy atom. The van der Waals surface area contributed by atoms with Crippen molar-refractivity contribution in [2.75, 3.05) is 0 Å². The maximum Gasteiger partial charge on any atom is 0.190 e. The van der Waals surface area contributed by atoms with Crippen LogP contribution in [0.4, 0.5) is 0 Å². The average molecular weight is 381 g/mol. The summed E-state index contributed by atoms with van der Waals surface area (Å²) in [4.78, 5) is 0. The Balaban J connectivity index is 1.78. The number of amidine groups is 1. The van der Waals surface area contributed by atoms with Crippen LogP contribution in [0.5, 0.6) is 0 Å². The molecule has 136 valence electrons. The largest absolute Gasteiger partial charge is 0.409 e. The lowest BCUT2D eigenvalue weighted by Crippen LogP contribution is -2.15. The third-order valence-electron chi connectivity index (χ3n) is 4.33. The van der Waals surface area contributed by atoms with Crippen LogP contribution in [0.1, 0.15) is 17.1 Å². The maximum atomic E-state index is 8.85. The highest BCUT2D eigenvalue weighted by Crippen LogP contribution is 2.24. The highest BCUT2D eigenvalue weighted by molar-refractivity contribution is 6.31. The van der Waals surface area contributed by atoms with Gasteiger partial charge in [-0.1, -0.05) is 47.1 Å². The molecule has 0 atom stereocenters. The van der Waals surface area contributed by atoms with E-state index < -0.39 is 0 Å². The predicted octanol–water partition coefficient (Wildman–Crippen LogP) is 3.30. The highest BCUT2D eigenvalue weighted by Gasteiger charge is 2.13. The van der Waals surface area contributed by atoms with Crippen molar-refractivity contribution in [3.8, 4) is 11.3 Å². The van der Waals surface area contributed by atoms with Crippen molar-refractivity contribution in [2.24, 2.45) is 10.9 Å². The van der Waals surface area contributed by atoms with E-state index in [4.69, 9.17) is 27.6 Å². The van der Waals surface area contributed by atoms with Crippen LogP contribution in [0.2, 0.25) is 5.02 Å². The van der Waals surface area contributed by atoms with Crippen LogP contribution in [0, 0.1) is 6.92 Å². The molecular weight excluding hydrogens is 364 g/mol. The SMILES string of the molecule is Cc1cc(/C(N)=N/O)nn1Cc1cc(Cl)cc2cc(-c3ccccc3)nn12. The first-order valence-corrected chi connectivity index (χ1v) is 8.69. The fraction of sp³-hybridized carbons (Fsp3) is 0.105. The Morgan fingerprint density at radius 2 is 1.93 bits per heavy atom. The van der Waals surface area contributed by atoms with E-state index in [0.717, 1.165) is 28.2 Å². The third-order valence-corrected chi connectivity index (χ3v) is 4.55. The van der Waals surface area contributed by atoms with E-state index in [2.05, 4.69) is 10.3 Å². The highest BCUT2D eigenvalue weighted by atomic mass is 35.5. The molecule has 0 unspecified atom stereocenters. The summed E-state index contributed by atoms with van der Waals surface area (Å²) in [6.07, 6.45) is 0. The zero-order valence-corrected chi connectivity index (χ0v) is 15.3. The number of hydrogen-bond acceptors (Lipinski definition) is 4. The molecular formula is C19H17ClN6O. The lowest BCUT2D eigenvalue weighted by molar-refractivity contribution is 0.318. The molecule has 7 nitrogen and oxygen atoms in total. The fourth-order valence-corrected chi connectivity index (χ4v) is 3.23. The molecule has 3 N–H and O–H groups in total. The summed E-state index contributed by atoms with van der Waals surface area (Å²) in [5, 5.41) is 21.6. The minimum absolute atomic E-state index is 0.0291. The first kappa shape index (κ1) is 17.1. The van der Waals surface area contributed by atoms with Crippen molar-refractivity contribution < 1.29 is 5.21 Å². The summed E-state index contributed by atoms with van der Waals surface area (Å²) in [7, 11) is 0. The lowest BCUT2D eigenvalue weighted by atomic mass is 10.1.